The Labute approximate surface area is 154 Å². The molecule has 0 atom stereocenters. The Morgan fingerprint density at radius 3 is 2.60 bits per heavy atom. The number of guanidine groups is 1. The summed E-state index contributed by atoms with van der Waals surface area (Å²) in [5.41, 5.74) is 0.246. The lowest BCUT2D eigenvalue weighted by atomic mass is 9.88. The van der Waals surface area contributed by atoms with Gasteiger partial charge in [-0.2, -0.15) is 0 Å². The van der Waals surface area contributed by atoms with E-state index in [2.05, 4.69) is 33.7 Å². The zero-order chi connectivity index (χ0) is 18.0. The van der Waals surface area contributed by atoms with E-state index in [9.17, 15) is 0 Å². The van der Waals surface area contributed by atoms with Gasteiger partial charge in [0.2, 0.25) is 0 Å². The number of ether oxygens (including phenoxy) is 1. The highest BCUT2D eigenvalue weighted by atomic mass is 16.5. The van der Waals surface area contributed by atoms with E-state index >= 15 is 0 Å². The summed E-state index contributed by atoms with van der Waals surface area (Å²) in [5, 5.41) is 3.67. The number of hydrogen-bond acceptors (Lipinski definition) is 3. The van der Waals surface area contributed by atoms with Gasteiger partial charge in [-0.15, -0.1) is 6.58 Å². The van der Waals surface area contributed by atoms with E-state index in [0.717, 1.165) is 51.5 Å². The predicted molar refractivity (Wildman–Crippen MR) is 106 cm³/mol. The molecular weight excluding hydrogens is 312 g/mol. The van der Waals surface area contributed by atoms with Gasteiger partial charge < -0.3 is 15.0 Å². The van der Waals surface area contributed by atoms with Crippen LogP contribution in [-0.2, 0) is 4.74 Å². The molecule has 2 rings (SSSR count). The summed E-state index contributed by atoms with van der Waals surface area (Å²) in [6, 6.07) is 0. The summed E-state index contributed by atoms with van der Waals surface area (Å²) < 4.78 is 5.65. The number of nitrogens with one attached hydrogen (secondary N) is 1. The van der Waals surface area contributed by atoms with Gasteiger partial charge in [0.1, 0.15) is 0 Å². The first kappa shape index (κ1) is 20.2. The van der Waals surface area contributed by atoms with E-state index in [-0.39, 0.29) is 5.54 Å². The quantitative estimate of drug-likeness (QED) is 0.300. The molecule has 2 heterocycles. The lowest BCUT2D eigenvalue weighted by Crippen LogP contribution is -2.58. The van der Waals surface area contributed by atoms with Crippen LogP contribution in [0.2, 0.25) is 0 Å². The average molecular weight is 351 g/mol. The standard InChI is InChI=1S/C20H38N4O/c1-4-5-6-7-8-13-23(3)19(21-2)22-18-20(11-16-25-17-12-20)24-14-9-10-15-24/h4H,1,5-18H2,2-3H3,(H,21,22). The highest BCUT2D eigenvalue weighted by Gasteiger charge is 2.39. The van der Waals surface area contributed by atoms with Crippen LogP contribution in [0.25, 0.3) is 0 Å². The van der Waals surface area contributed by atoms with E-state index in [4.69, 9.17) is 4.74 Å². The number of likely N-dealkylation sites (tertiary alicyclic amines) is 1. The van der Waals surface area contributed by atoms with Gasteiger partial charge in [0.15, 0.2) is 5.96 Å². The van der Waals surface area contributed by atoms with Crippen LogP contribution in [0.1, 0.15) is 51.4 Å². The van der Waals surface area contributed by atoms with E-state index in [1.807, 2.05) is 13.1 Å². The molecule has 0 saturated carbocycles. The molecule has 25 heavy (non-hydrogen) atoms. The molecule has 2 aliphatic rings. The molecule has 0 aliphatic carbocycles. The highest BCUT2D eigenvalue weighted by molar-refractivity contribution is 5.79. The van der Waals surface area contributed by atoms with E-state index in [0.29, 0.717) is 0 Å². The van der Waals surface area contributed by atoms with Crippen LogP contribution in [0.4, 0.5) is 0 Å². The molecule has 0 spiro atoms. The molecule has 2 aliphatic heterocycles. The Morgan fingerprint density at radius 2 is 1.96 bits per heavy atom. The Balaban J connectivity index is 1.83. The maximum Gasteiger partial charge on any atom is 0.193 e. The molecule has 0 radical (unpaired) electrons. The third-order valence-electron chi connectivity index (χ3n) is 5.75. The zero-order valence-corrected chi connectivity index (χ0v) is 16.4. The summed E-state index contributed by atoms with van der Waals surface area (Å²) in [4.78, 5) is 9.48. The molecule has 2 fully saturated rings. The van der Waals surface area contributed by atoms with Crippen LogP contribution in [0.3, 0.4) is 0 Å². The molecule has 0 aromatic heterocycles. The third-order valence-corrected chi connectivity index (χ3v) is 5.75. The number of nitrogens with zero attached hydrogens (tertiary/aromatic N) is 3. The lowest BCUT2D eigenvalue weighted by molar-refractivity contribution is -0.0166. The second-order valence-corrected chi connectivity index (χ2v) is 7.49. The topological polar surface area (TPSA) is 40.1 Å². The molecule has 5 nitrogen and oxygen atoms in total. The van der Waals surface area contributed by atoms with Crippen LogP contribution in [0.15, 0.2) is 17.6 Å². The molecule has 0 amide bonds. The predicted octanol–water partition coefficient (Wildman–Crippen LogP) is 2.89. The van der Waals surface area contributed by atoms with Crippen LogP contribution in [-0.4, -0.2) is 74.8 Å². The van der Waals surface area contributed by atoms with E-state index in [1.54, 1.807) is 0 Å². The summed E-state index contributed by atoms with van der Waals surface area (Å²) in [5.74, 6) is 1.02. The molecule has 2 saturated heterocycles. The van der Waals surface area contributed by atoms with Crippen molar-refractivity contribution < 1.29 is 4.74 Å². The molecule has 1 N–H and O–H groups in total. The van der Waals surface area contributed by atoms with Crippen LogP contribution < -0.4 is 5.32 Å². The fraction of sp³-hybridized carbons (Fsp3) is 0.850. The molecular formula is C20H38N4O. The molecule has 0 unspecified atom stereocenters. The molecule has 144 valence electrons. The van der Waals surface area contributed by atoms with Crippen molar-refractivity contribution in [1.82, 2.24) is 15.1 Å². The first-order valence-corrected chi connectivity index (χ1v) is 10.1. The minimum absolute atomic E-state index is 0.246. The average Bonchev–Trinajstić information content (AvgIpc) is 3.18. The van der Waals surface area contributed by atoms with E-state index < -0.39 is 0 Å². The van der Waals surface area contributed by atoms with Gasteiger partial charge >= 0.3 is 0 Å². The lowest BCUT2D eigenvalue weighted by Gasteiger charge is -2.45. The number of hydrogen-bond donors (Lipinski definition) is 1. The van der Waals surface area contributed by atoms with Gasteiger partial charge in [0.25, 0.3) is 0 Å². The van der Waals surface area contributed by atoms with Gasteiger partial charge in [-0.25, -0.2) is 0 Å². The van der Waals surface area contributed by atoms with Crippen LogP contribution in [0, 0.1) is 0 Å². The zero-order valence-electron chi connectivity index (χ0n) is 16.4. The second kappa shape index (κ2) is 10.8. The highest BCUT2D eigenvalue weighted by Crippen LogP contribution is 2.30. The summed E-state index contributed by atoms with van der Waals surface area (Å²) in [7, 11) is 4.04. The molecule has 0 bridgehead atoms. The van der Waals surface area contributed by atoms with Gasteiger partial charge in [-0.3, -0.25) is 9.89 Å². The van der Waals surface area contributed by atoms with Gasteiger partial charge in [-0.1, -0.05) is 12.5 Å². The molecule has 0 aromatic carbocycles. The molecule has 5 heteroatoms. The normalized spacial score (nSPS) is 21.3. The maximum atomic E-state index is 5.65. The second-order valence-electron chi connectivity index (χ2n) is 7.49. The van der Waals surface area contributed by atoms with Gasteiger partial charge in [-0.05, 0) is 58.0 Å². The summed E-state index contributed by atoms with van der Waals surface area (Å²) >= 11 is 0. The minimum Gasteiger partial charge on any atom is -0.381 e. The minimum atomic E-state index is 0.246. The van der Waals surface area contributed by atoms with Crippen molar-refractivity contribution >= 4 is 5.96 Å². The number of allylic oxidation sites excluding steroid dienone is 1. The Morgan fingerprint density at radius 1 is 1.24 bits per heavy atom. The summed E-state index contributed by atoms with van der Waals surface area (Å²) in [6.07, 6.45) is 11.8. The smallest absolute Gasteiger partial charge is 0.193 e. The van der Waals surface area contributed by atoms with Crippen LogP contribution >= 0.6 is 0 Å². The fourth-order valence-electron chi connectivity index (χ4n) is 4.10. The largest absolute Gasteiger partial charge is 0.381 e. The third kappa shape index (κ3) is 6.00. The monoisotopic (exact) mass is 350 g/mol. The summed E-state index contributed by atoms with van der Waals surface area (Å²) in [6.45, 7) is 10.1. The maximum absolute atomic E-state index is 5.65. The Kier molecular flexibility index (Phi) is 8.76. The van der Waals surface area contributed by atoms with Gasteiger partial charge in [0.05, 0.1) is 0 Å². The van der Waals surface area contributed by atoms with Crippen molar-refractivity contribution in [3.8, 4) is 0 Å². The Bertz CT molecular complexity index is 412. The number of rotatable bonds is 9. The van der Waals surface area contributed by atoms with E-state index in [1.165, 1.54) is 45.2 Å². The van der Waals surface area contributed by atoms with Crippen molar-refractivity contribution in [1.29, 1.82) is 0 Å². The van der Waals surface area contributed by atoms with Crippen molar-refractivity contribution in [3.05, 3.63) is 12.7 Å². The first-order valence-electron chi connectivity index (χ1n) is 10.1. The van der Waals surface area contributed by atoms with Crippen molar-refractivity contribution in [2.24, 2.45) is 4.99 Å². The number of aliphatic imine (C=N–C) groups is 1. The molecule has 0 aromatic rings. The van der Waals surface area contributed by atoms with Crippen LogP contribution in [0.5, 0.6) is 0 Å². The SMILES string of the molecule is C=CCCCCCN(C)C(=NC)NCC1(N2CCCC2)CCOCC1. The fourth-order valence-corrected chi connectivity index (χ4v) is 4.10. The van der Waals surface area contributed by atoms with Crippen molar-refractivity contribution in [2.75, 3.05) is 53.5 Å². The van der Waals surface area contributed by atoms with Gasteiger partial charge in [0, 0.05) is 45.9 Å². The van der Waals surface area contributed by atoms with Crippen molar-refractivity contribution in [3.63, 3.8) is 0 Å². The Hall–Kier alpha value is -1.07. The van der Waals surface area contributed by atoms with Crippen molar-refractivity contribution in [2.45, 2.75) is 56.9 Å². The number of unbranched alkanes of at least 4 members (excludes halogenated alkanes) is 3. The first-order chi connectivity index (χ1) is 12.2.